The van der Waals surface area contributed by atoms with Crippen LogP contribution in [0.1, 0.15) is 30.9 Å². The van der Waals surface area contributed by atoms with E-state index in [1.165, 1.54) is 7.11 Å². The van der Waals surface area contributed by atoms with Crippen molar-refractivity contribution in [3.05, 3.63) is 23.8 Å². The van der Waals surface area contributed by atoms with Gasteiger partial charge < -0.3 is 25.1 Å². The van der Waals surface area contributed by atoms with Crippen LogP contribution in [0.25, 0.3) is 0 Å². The van der Waals surface area contributed by atoms with E-state index in [1.54, 1.807) is 18.2 Å². The fraction of sp³-hybridized carbons (Fsp3) is 0.533. The molecular weight excluding hydrogens is 274 g/mol. The van der Waals surface area contributed by atoms with Crippen molar-refractivity contribution in [2.24, 2.45) is 5.73 Å². The molecule has 2 rings (SSSR count). The number of ether oxygens (including phenoxy) is 3. The Balaban J connectivity index is 2.18. The lowest BCUT2D eigenvalue weighted by atomic mass is 10.0. The summed E-state index contributed by atoms with van der Waals surface area (Å²) in [5.74, 6) is 0.125. The first-order valence-electron chi connectivity index (χ1n) is 7.00. The van der Waals surface area contributed by atoms with Gasteiger partial charge in [0.1, 0.15) is 6.10 Å². The molecule has 0 amide bonds. The lowest BCUT2D eigenvalue weighted by molar-refractivity contribution is -0.137. The van der Waals surface area contributed by atoms with Crippen LogP contribution in [0, 0.1) is 0 Å². The van der Waals surface area contributed by atoms with Crippen LogP contribution in [0.5, 0.6) is 11.5 Å². The number of rotatable bonds is 6. The number of carbonyl (C=O) groups is 1. The van der Waals surface area contributed by atoms with Crippen molar-refractivity contribution in [1.29, 1.82) is 0 Å². The second-order valence-corrected chi connectivity index (χ2v) is 5.04. The molecule has 1 aromatic rings. The molecule has 1 aliphatic heterocycles. The van der Waals surface area contributed by atoms with E-state index < -0.39 is 12.0 Å². The van der Waals surface area contributed by atoms with Gasteiger partial charge in [0.2, 0.25) is 0 Å². The third kappa shape index (κ3) is 4.09. The minimum absolute atomic E-state index is 0.0152. The molecule has 6 heteroatoms. The van der Waals surface area contributed by atoms with Crippen molar-refractivity contribution in [2.75, 3.05) is 20.3 Å². The minimum Gasteiger partial charge on any atom is -0.493 e. The fourth-order valence-electron chi connectivity index (χ4n) is 2.42. The van der Waals surface area contributed by atoms with E-state index >= 15 is 0 Å². The van der Waals surface area contributed by atoms with E-state index in [0.29, 0.717) is 23.7 Å². The maximum atomic E-state index is 10.8. The summed E-state index contributed by atoms with van der Waals surface area (Å²) in [6, 6.07) is 4.71. The van der Waals surface area contributed by atoms with Gasteiger partial charge in [-0.05, 0) is 18.9 Å². The Bertz CT molecular complexity index is 485. The van der Waals surface area contributed by atoms with Gasteiger partial charge in [0.05, 0.1) is 20.1 Å². The maximum absolute atomic E-state index is 10.8. The number of benzene rings is 1. The van der Waals surface area contributed by atoms with E-state index in [9.17, 15) is 4.79 Å². The molecule has 1 heterocycles. The number of hydrogen-bond acceptors (Lipinski definition) is 5. The normalized spacial score (nSPS) is 19.8. The molecule has 1 fully saturated rings. The summed E-state index contributed by atoms with van der Waals surface area (Å²) in [5.41, 5.74) is 6.57. The molecule has 0 saturated carbocycles. The molecule has 0 spiro atoms. The minimum atomic E-state index is -0.948. The number of aliphatic carboxylic acids is 1. The van der Waals surface area contributed by atoms with Gasteiger partial charge in [-0.2, -0.15) is 0 Å². The molecule has 1 saturated heterocycles. The van der Waals surface area contributed by atoms with Crippen molar-refractivity contribution in [1.82, 2.24) is 0 Å². The van der Waals surface area contributed by atoms with Crippen molar-refractivity contribution >= 4 is 5.97 Å². The Labute approximate surface area is 123 Å². The summed E-state index contributed by atoms with van der Waals surface area (Å²) in [4.78, 5) is 10.8. The molecule has 1 aliphatic rings. The topological polar surface area (TPSA) is 91.0 Å². The molecule has 0 aliphatic carbocycles. The van der Waals surface area contributed by atoms with Gasteiger partial charge in [0, 0.05) is 18.2 Å². The summed E-state index contributed by atoms with van der Waals surface area (Å²) >= 11 is 0. The third-order valence-corrected chi connectivity index (χ3v) is 3.42. The first kappa shape index (κ1) is 15.6. The Morgan fingerprint density at radius 1 is 1.57 bits per heavy atom. The van der Waals surface area contributed by atoms with Crippen LogP contribution in [0.15, 0.2) is 18.2 Å². The lowest BCUT2D eigenvalue weighted by Gasteiger charge is -2.25. The summed E-state index contributed by atoms with van der Waals surface area (Å²) in [6.45, 7) is 1.31. The Hall–Kier alpha value is -1.79. The predicted octanol–water partition coefficient (Wildman–Crippen LogP) is 1.73. The zero-order valence-corrected chi connectivity index (χ0v) is 12.1. The van der Waals surface area contributed by atoms with Crippen molar-refractivity contribution in [3.63, 3.8) is 0 Å². The third-order valence-electron chi connectivity index (χ3n) is 3.42. The Morgan fingerprint density at radius 2 is 2.38 bits per heavy atom. The molecule has 21 heavy (non-hydrogen) atoms. The van der Waals surface area contributed by atoms with Crippen LogP contribution in [0.4, 0.5) is 0 Å². The second kappa shape index (κ2) is 7.28. The highest BCUT2D eigenvalue weighted by Gasteiger charge is 2.21. The molecule has 2 unspecified atom stereocenters. The first-order valence-corrected chi connectivity index (χ1v) is 7.00. The average molecular weight is 295 g/mol. The van der Waals surface area contributed by atoms with Crippen LogP contribution in [-0.2, 0) is 9.53 Å². The maximum Gasteiger partial charge on any atom is 0.305 e. The summed E-state index contributed by atoms with van der Waals surface area (Å²) in [6.07, 6.45) is 1.71. The average Bonchev–Trinajstić information content (AvgIpc) is 2.47. The van der Waals surface area contributed by atoms with Crippen molar-refractivity contribution < 1.29 is 24.1 Å². The highest BCUT2D eigenvalue weighted by Crippen LogP contribution is 2.36. The molecule has 0 bridgehead atoms. The number of carboxylic acids is 1. The molecule has 0 aromatic heterocycles. The van der Waals surface area contributed by atoms with E-state index in [1.807, 2.05) is 0 Å². The SMILES string of the molecule is COc1c(OC2CCCOC2)cccc1C(N)CC(=O)O. The molecule has 6 nitrogen and oxygen atoms in total. The van der Waals surface area contributed by atoms with Gasteiger partial charge in [-0.25, -0.2) is 0 Å². The molecule has 2 atom stereocenters. The molecular formula is C15H21NO5. The van der Waals surface area contributed by atoms with Crippen molar-refractivity contribution in [2.45, 2.75) is 31.4 Å². The van der Waals surface area contributed by atoms with Crippen molar-refractivity contribution in [3.8, 4) is 11.5 Å². The van der Waals surface area contributed by atoms with Crippen LogP contribution < -0.4 is 15.2 Å². The lowest BCUT2D eigenvalue weighted by Crippen LogP contribution is -2.28. The van der Waals surface area contributed by atoms with Crippen LogP contribution in [0.3, 0.4) is 0 Å². The highest BCUT2D eigenvalue weighted by atomic mass is 16.5. The van der Waals surface area contributed by atoms with E-state index in [-0.39, 0.29) is 12.5 Å². The fourth-order valence-corrected chi connectivity index (χ4v) is 2.42. The second-order valence-electron chi connectivity index (χ2n) is 5.04. The number of nitrogens with two attached hydrogens (primary N) is 1. The predicted molar refractivity (Wildman–Crippen MR) is 76.6 cm³/mol. The van der Waals surface area contributed by atoms with Gasteiger partial charge >= 0.3 is 5.97 Å². The number of carboxylic acid groups (broad SMARTS) is 1. The smallest absolute Gasteiger partial charge is 0.305 e. The largest absolute Gasteiger partial charge is 0.493 e. The van der Waals surface area contributed by atoms with Crippen LogP contribution >= 0.6 is 0 Å². The molecule has 1 aromatic carbocycles. The highest BCUT2D eigenvalue weighted by molar-refractivity contribution is 5.68. The molecule has 116 valence electrons. The zero-order valence-electron chi connectivity index (χ0n) is 12.1. The van der Waals surface area contributed by atoms with Gasteiger partial charge in [-0.1, -0.05) is 12.1 Å². The molecule has 0 radical (unpaired) electrons. The quantitative estimate of drug-likeness (QED) is 0.830. The van der Waals surface area contributed by atoms with E-state index in [0.717, 1.165) is 19.4 Å². The standard InChI is InChI=1S/C15H21NO5/c1-19-15-11(12(16)8-14(17)18)5-2-6-13(15)21-10-4-3-7-20-9-10/h2,5-6,10,12H,3-4,7-9,16H2,1H3,(H,17,18). The van der Waals surface area contributed by atoms with E-state index in [4.69, 9.17) is 25.1 Å². The summed E-state index contributed by atoms with van der Waals surface area (Å²) < 4.78 is 16.7. The summed E-state index contributed by atoms with van der Waals surface area (Å²) in [5, 5.41) is 8.87. The van der Waals surface area contributed by atoms with Gasteiger partial charge in [-0.3, -0.25) is 4.79 Å². The van der Waals surface area contributed by atoms with Crippen LogP contribution in [0.2, 0.25) is 0 Å². The molecule has 3 N–H and O–H groups in total. The number of hydrogen-bond donors (Lipinski definition) is 2. The van der Waals surface area contributed by atoms with Gasteiger partial charge in [0.25, 0.3) is 0 Å². The summed E-state index contributed by atoms with van der Waals surface area (Å²) in [7, 11) is 1.52. The van der Waals surface area contributed by atoms with Crippen LogP contribution in [-0.4, -0.2) is 37.5 Å². The number of para-hydroxylation sites is 1. The van der Waals surface area contributed by atoms with Gasteiger partial charge in [0.15, 0.2) is 11.5 Å². The zero-order chi connectivity index (χ0) is 15.2. The Kier molecular flexibility index (Phi) is 5.41. The Morgan fingerprint density at radius 3 is 3.00 bits per heavy atom. The van der Waals surface area contributed by atoms with Gasteiger partial charge in [-0.15, -0.1) is 0 Å². The monoisotopic (exact) mass is 295 g/mol. The number of methoxy groups -OCH3 is 1. The first-order chi connectivity index (χ1) is 10.1. The van der Waals surface area contributed by atoms with E-state index in [2.05, 4.69) is 0 Å².